The van der Waals surface area contributed by atoms with Gasteiger partial charge in [-0.1, -0.05) is 57.2 Å². The van der Waals surface area contributed by atoms with Crippen molar-refractivity contribution >= 4 is 28.7 Å². The van der Waals surface area contributed by atoms with Gasteiger partial charge in [-0.3, -0.25) is 9.69 Å². The largest absolute Gasteiger partial charge is 0.383 e. The van der Waals surface area contributed by atoms with Crippen LogP contribution in [-0.2, 0) is 16.7 Å². The molecule has 2 aromatic heterocycles. The Hall–Kier alpha value is -4.53. The van der Waals surface area contributed by atoms with Gasteiger partial charge in [-0.15, -0.1) is 0 Å². The predicted molar refractivity (Wildman–Crippen MR) is 169 cm³/mol. The molecule has 5 aromatic rings. The molecule has 0 saturated carbocycles. The zero-order chi connectivity index (χ0) is 29.7. The van der Waals surface area contributed by atoms with Crippen LogP contribution in [0.3, 0.4) is 0 Å². The van der Waals surface area contributed by atoms with E-state index >= 15 is 0 Å². The van der Waals surface area contributed by atoms with Gasteiger partial charge >= 0.3 is 0 Å². The summed E-state index contributed by atoms with van der Waals surface area (Å²) in [5.74, 6) is 0.497. The Bertz CT molecular complexity index is 1650. The quantitative estimate of drug-likeness (QED) is 0.196. The highest BCUT2D eigenvalue weighted by Gasteiger charge is 2.15. The van der Waals surface area contributed by atoms with Crippen molar-refractivity contribution in [1.82, 2.24) is 19.3 Å². The van der Waals surface area contributed by atoms with Crippen LogP contribution in [0.4, 0.5) is 17.2 Å². The number of nitrogens with zero attached hydrogens (tertiary/aromatic N) is 4. The molecule has 42 heavy (non-hydrogen) atoms. The molecule has 8 heteroatoms. The van der Waals surface area contributed by atoms with Crippen LogP contribution in [0, 0.1) is 0 Å². The molecule has 0 fully saturated rings. The van der Waals surface area contributed by atoms with Crippen LogP contribution in [0.15, 0.2) is 91.4 Å². The minimum absolute atomic E-state index is 0.0327. The monoisotopic (exact) mass is 562 g/mol. The van der Waals surface area contributed by atoms with Crippen molar-refractivity contribution < 1.29 is 9.53 Å². The van der Waals surface area contributed by atoms with Crippen molar-refractivity contribution in [3.63, 3.8) is 0 Å². The summed E-state index contributed by atoms with van der Waals surface area (Å²) in [6, 6.07) is 23.8. The molecule has 216 valence electrons. The van der Waals surface area contributed by atoms with Gasteiger partial charge in [-0.2, -0.15) is 0 Å². The van der Waals surface area contributed by atoms with Gasteiger partial charge in [0.2, 0.25) is 0 Å². The van der Waals surface area contributed by atoms with E-state index in [9.17, 15) is 4.79 Å². The molecule has 2 heterocycles. The summed E-state index contributed by atoms with van der Waals surface area (Å²) in [5.41, 5.74) is 7.04. The van der Waals surface area contributed by atoms with E-state index in [0.29, 0.717) is 23.7 Å². The van der Waals surface area contributed by atoms with Gasteiger partial charge in [0.05, 0.1) is 12.3 Å². The van der Waals surface area contributed by atoms with Crippen LogP contribution < -0.4 is 10.6 Å². The number of anilines is 3. The maximum atomic E-state index is 13.0. The van der Waals surface area contributed by atoms with Crippen LogP contribution in [-0.4, -0.2) is 52.5 Å². The molecule has 0 spiro atoms. The Balaban J connectivity index is 1.34. The minimum atomic E-state index is -0.152. The first kappa shape index (κ1) is 29.0. The molecule has 5 rings (SSSR count). The number of benzene rings is 3. The van der Waals surface area contributed by atoms with E-state index in [-0.39, 0.29) is 11.3 Å². The fourth-order valence-electron chi connectivity index (χ4n) is 4.70. The van der Waals surface area contributed by atoms with E-state index in [1.165, 1.54) is 11.1 Å². The molecular weight excluding hydrogens is 524 g/mol. The first-order chi connectivity index (χ1) is 20.2. The van der Waals surface area contributed by atoms with Gasteiger partial charge in [0, 0.05) is 61.3 Å². The van der Waals surface area contributed by atoms with Gasteiger partial charge in [-0.25, -0.2) is 9.97 Å². The summed E-state index contributed by atoms with van der Waals surface area (Å²) in [4.78, 5) is 24.7. The summed E-state index contributed by atoms with van der Waals surface area (Å²) in [5, 5.41) is 6.47. The number of likely N-dealkylation sites (N-methyl/N-ethyl adjacent to an activating group) is 1. The summed E-state index contributed by atoms with van der Waals surface area (Å²) in [7, 11) is 3.80. The SMILES string of the molecule is COCCN(C)Cc1ccc(Nc2nc(-c3cccc(NC(=O)c4ccc(C(C)(C)C)cc4)c3)cn3ccnc23)cc1. The summed E-state index contributed by atoms with van der Waals surface area (Å²) in [6.07, 6.45) is 5.60. The number of rotatable bonds is 10. The lowest BCUT2D eigenvalue weighted by molar-refractivity contribution is 0.102. The lowest BCUT2D eigenvalue weighted by Crippen LogP contribution is -2.22. The van der Waals surface area contributed by atoms with E-state index in [1.807, 2.05) is 65.3 Å². The number of fused-ring (bicyclic) bond motifs is 1. The Morgan fingerprint density at radius 1 is 1.00 bits per heavy atom. The van der Waals surface area contributed by atoms with Crippen molar-refractivity contribution in [3.8, 4) is 11.3 Å². The molecule has 0 atom stereocenters. The number of amides is 1. The molecule has 3 aromatic carbocycles. The Morgan fingerprint density at radius 3 is 2.48 bits per heavy atom. The van der Waals surface area contributed by atoms with E-state index in [4.69, 9.17) is 9.72 Å². The first-order valence-electron chi connectivity index (χ1n) is 14.1. The van der Waals surface area contributed by atoms with E-state index in [1.54, 1.807) is 13.3 Å². The lowest BCUT2D eigenvalue weighted by Gasteiger charge is -2.19. The highest BCUT2D eigenvalue weighted by atomic mass is 16.5. The highest BCUT2D eigenvalue weighted by Crippen LogP contribution is 2.27. The molecular formula is C34H38N6O2. The van der Waals surface area contributed by atoms with E-state index in [2.05, 4.69) is 72.6 Å². The molecule has 0 saturated heterocycles. The number of carbonyl (C=O) groups excluding carboxylic acids is 1. The lowest BCUT2D eigenvalue weighted by atomic mass is 9.87. The maximum absolute atomic E-state index is 13.0. The molecule has 0 bridgehead atoms. The molecule has 0 aliphatic rings. The molecule has 0 aliphatic heterocycles. The number of hydrogen-bond acceptors (Lipinski definition) is 6. The molecule has 0 radical (unpaired) electrons. The molecule has 1 amide bonds. The van der Waals surface area contributed by atoms with E-state index in [0.717, 1.165) is 35.7 Å². The van der Waals surface area contributed by atoms with E-state index < -0.39 is 0 Å². The van der Waals surface area contributed by atoms with Gasteiger partial charge in [0.1, 0.15) is 0 Å². The average molecular weight is 563 g/mol. The summed E-state index contributed by atoms with van der Waals surface area (Å²) >= 11 is 0. The fraction of sp³-hybridized carbons (Fsp3) is 0.265. The van der Waals surface area contributed by atoms with Crippen LogP contribution in [0.5, 0.6) is 0 Å². The highest BCUT2D eigenvalue weighted by molar-refractivity contribution is 6.04. The second-order valence-electron chi connectivity index (χ2n) is 11.5. The standard InChI is InChI=1S/C34H38N6O2/c1-34(2,3)27-13-11-25(12-14-27)33(41)37-29-8-6-7-26(21-29)30-23-40-18-17-35-32(40)31(38-30)36-28-15-9-24(10-16-28)22-39(4)19-20-42-5/h6-18,21,23H,19-20,22H2,1-5H3,(H,36,38)(H,37,41). The Kier molecular flexibility index (Phi) is 8.66. The number of ether oxygens (including phenoxy) is 1. The molecule has 2 N–H and O–H groups in total. The van der Waals surface area contributed by atoms with Crippen molar-refractivity contribution in [2.45, 2.75) is 32.7 Å². The van der Waals surface area contributed by atoms with Crippen LogP contribution >= 0.6 is 0 Å². The number of aromatic nitrogens is 3. The molecule has 0 unspecified atom stereocenters. The van der Waals surface area contributed by atoms with Gasteiger partial charge in [0.25, 0.3) is 5.91 Å². The zero-order valence-electron chi connectivity index (χ0n) is 24.9. The second kappa shape index (κ2) is 12.5. The average Bonchev–Trinajstić information content (AvgIpc) is 3.46. The third kappa shape index (κ3) is 7.02. The van der Waals surface area contributed by atoms with Crippen LogP contribution in [0.25, 0.3) is 16.9 Å². The minimum Gasteiger partial charge on any atom is -0.383 e. The second-order valence-corrected chi connectivity index (χ2v) is 11.5. The topological polar surface area (TPSA) is 83.8 Å². The number of carbonyl (C=O) groups is 1. The van der Waals surface area contributed by atoms with Gasteiger partial charge in [0.15, 0.2) is 11.5 Å². The maximum Gasteiger partial charge on any atom is 0.255 e. The van der Waals surface area contributed by atoms with Crippen molar-refractivity contribution in [2.75, 3.05) is 37.9 Å². The number of imidazole rings is 1. The smallest absolute Gasteiger partial charge is 0.255 e. The normalized spacial score (nSPS) is 11.7. The predicted octanol–water partition coefficient (Wildman–Crippen LogP) is 6.77. The van der Waals surface area contributed by atoms with Crippen molar-refractivity contribution in [1.29, 1.82) is 0 Å². The third-order valence-electron chi connectivity index (χ3n) is 7.15. The summed E-state index contributed by atoms with van der Waals surface area (Å²) < 4.78 is 7.13. The van der Waals surface area contributed by atoms with Crippen molar-refractivity contribution in [2.24, 2.45) is 0 Å². The number of methoxy groups -OCH3 is 1. The summed E-state index contributed by atoms with van der Waals surface area (Å²) in [6.45, 7) is 8.90. The van der Waals surface area contributed by atoms with Gasteiger partial charge in [-0.05, 0) is 60.0 Å². The van der Waals surface area contributed by atoms with Gasteiger partial charge < -0.3 is 19.8 Å². The molecule has 0 aliphatic carbocycles. The number of nitrogens with one attached hydrogen (secondary N) is 2. The first-order valence-corrected chi connectivity index (χ1v) is 14.1. The Labute approximate surface area is 247 Å². The zero-order valence-corrected chi connectivity index (χ0v) is 24.9. The van der Waals surface area contributed by atoms with Crippen molar-refractivity contribution in [3.05, 3.63) is 108 Å². The Morgan fingerprint density at radius 2 is 1.76 bits per heavy atom. The third-order valence-corrected chi connectivity index (χ3v) is 7.15. The molecule has 8 nitrogen and oxygen atoms in total. The van der Waals surface area contributed by atoms with Crippen LogP contribution in [0.1, 0.15) is 42.3 Å². The van der Waals surface area contributed by atoms with Crippen LogP contribution in [0.2, 0.25) is 0 Å². The number of hydrogen-bond donors (Lipinski definition) is 2. The fourth-order valence-corrected chi connectivity index (χ4v) is 4.70.